The summed E-state index contributed by atoms with van der Waals surface area (Å²) in [5, 5.41) is 6.68. The van der Waals surface area contributed by atoms with Gasteiger partial charge in [-0.2, -0.15) is 0 Å². The Morgan fingerprint density at radius 2 is 1.68 bits per heavy atom. The summed E-state index contributed by atoms with van der Waals surface area (Å²) in [4.78, 5) is 9.04. The number of aliphatic imine (C=N–C) groups is 1. The predicted octanol–water partition coefficient (Wildman–Crippen LogP) is 4.15. The highest BCUT2D eigenvalue weighted by molar-refractivity contribution is 5.93. The van der Waals surface area contributed by atoms with Gasteiger partial charge in [0.2, 0.25) is 0 Å². The molecule has 2 aromatic carbocycles. The number of aryl methyl sites for hydroxylation is 1. The maximum Gasteiger partial charge on any atom is 0.196 e. The molecular formula is C21H22N4. The third kappa shape index (κ3) is 5.46. The van der Waals surface area contributed by atoms with Crippen molar-refractivity contribution in [1.82, 2.24) is 10.3 Å². The van der Waals surface area contributed by atoms with Gasteiger partial charge >= 0.3 is 0 Å². The molecule has 1 heterocycles. The second-order valence-electron chi connectivity index (χ2n) is 5.82. The van der Waals surface area contributed by atoms with Gasteiger partial charge in [-0.3, -0.25) is 4.98 Å². The lowest BCUT2D eigenvalue weighted by Crippen LogP contribution is -2.30. The Kier molecular flexibility index (Phi) is 5.77. The number of rotatable bonds is 5. The zero-order valence-corrected chi connectivity index (χ0v) is 14.3. The molecule has 0 radical (unpaired) electrons. The van der Waals surface area contributed by atoms with Crippen LogP contribution >= 0.6 is 0 Å². The minimum absolute atomic E-state index is 0.616. The van der Waals surface area contributed by atoms with Gasteiger partial charge in [-0.15, -0.1) is 0 Å². The maximum absolute atomic E-state index is 4.70. The van der Waals surface area contributed by atoms with Crippen LogP contribution in [0, 0.1) is 6.92 Å². The molecule has 3 rings (SSSR count). The van der Waals surface area contributed by atoms with Crippen LogP contribution in [0.4, 0.5) is 5.69 Å². The molecule has 0 unspecified atom stereocenters. The Hall–Kier alpha value is -3.14. The number of anilines is 1. The van der Waals surface area contributed by atoms with Crippen LogP contribution in [0.2, 0.25) is 0 Å². The molecule has 0 bridgehead atoms. The van der Waals surface area contributed by atoms with E-state index in [-0.39, 0.29) is 0 Å². The highest BCUT2D eigenvalue weighted by Gasteiger charge is 2.01. The van der Waals surface area contributed by atoms with Crippen LogP contribution < -0.4 is 10.6 Å². The van der Waals surface area contributed by atoms with Crippen LogP contribution in [0.25, 0.3) is 0 Å². The van der Waals surface area contributed by atoms with Crippen LogP contribution in [-0.4, -0.2) is 10.9 Å². The SMILES string of the molecule is Cc1ccc(CN=C(NCc2ccccn2)Nc2ccccc2)cc1. The van der Waals surface area contributed by atoms with Gasteiger partial charge in [0.05, 0.1) is 18.8 Å². The standard InChI is InChI=1S/C21H22N4/c1-17-10-12-18(13-11-17)15-23-21(25-19-7-3-2-4-8-19)24-16-20-9-5-6-14-22-20/h2-14H,15-16H2,1H3,(H2,23,24,25). The predicted molar refractivity (Wildman–Crippen MR) is 103 cm³/mol. The lowest BCUT2D eigenvalue weighted by atomic mass is 10.1. The number of guanidine groups is 1. The fraction of sp³-hybridized carbons (Fsp3) is 0.143. The summed E-state index contributed by atoms with van der Waals surface area (Å²) < 4.78 is 0. The van der Waals surface area contributed by atoms with Crippen LogP contribution in [-0.2, 0) is 13.1 Å². The summed E-state index contributed by atoms with van der Waals surface area (Å²) in [7, 11) is 0. The lowest BCUT2D eigenvalue weighted by molar-refractivity contribution is 0.859. The average molecular weight is 330 g/mol. The molecule has 0 fully saturated rings. The summed E-state index contributed by atoms with van der Waals surface area (Å²) in [5.74, 6) is 0.734. The minimum atomic E-state index is 0.616. The Morgan fingerprint density at radius 3 is 2.40 bits per heavy atom. The molecule has 0 aliphatic heterocycles. The smallest absolute Gasteiger partial charge is 0.196 e. The topological polar surface area (TPSA) is 49.3 Å². The molecule has 0 amide bonds. The first kappa shape index (κ1) is 16.7. The summed E-state index contributed by atoms with van der Waals surface area (Å²) in [6.07, 6.45) is 1.80. The summed E-state index contributed by atoms with van der Waals surface area (Å²) in [6.45, 7) is 3.32. The van der Waals surface area contributed by atoms with Crippen molar-refractivity contribution in [2.75, 3.05) is 5.32 Å². The van der Waals surface area contributed by atoms with Crippen molar-refractivity contribution in [3.8, 4) is 0 Å². The number of hydrogen-bond donors (Lipinski definition) is 2. The van der Waals surface area contributed by atoms with Crippen LogP contribution in [0.1, 0.15) is 16.8 Å². The second-order valence-corrected chi connectivity index (χ2v) is 5.82. The van der Waals surface area contributed by atoms with E-state index < -0.39 is 0 Å². The van der Waals surface area contributed by atoms with Crippen LogP contribution in [0.5, 0.6) is 0 Å². The molecular weight excluding hydrogens is 308 g/mol. The number of benzene rings is 2. The van der Waals surface area contributed by atoms with E-state index in [2.05, 4.69) is 46.8 Å². The Balaban J connectivity index is 1.70. The van der Waals surface area contributed by atoms with Crippen molar-refractivity contribution < 1.29 is 0 Å². The molecule has 4 heteroatoms. The quantitative estimate of drug-likeness (QED) is 0.546. The number of nitrogens with one attached hydrogen (secondary N) is 2. The number of pyridine rings is 1. The summed E-state index contributed by atoms with van der Waals surface area (Å²) >= 11 is 0. The number of para-hydroxylation sites is 1. The summed E-state index contributed by atoms with van der Waals surface area (Å²) in [6, 6.07) is 24.4. The van der Waals surface area contributed by atoms with Crippen molar-refractivity contribution in [3.05, 3.63) is 95.8 Å². The van der Waals surface area contributed by atoms with E-state index in [1.807, 2.05) is 48.5 Å². The van der Waals surface area contributed by atoms with Crippen LogP contribution in [0.3, 0.4) is 0 Å². The van der Waals surface area contributed by atoms with E-state index in [9.17, 15) is 0 Å². The molecule has 2 N–H and O–H groups in total. The molecule has 0 atom stereocenters. The zero-order valence-electron chi connectivity index (χ0n) is 14.3. The van der Waals surface area contributed by atoms with Gasteiger partial charge in [-0.1, -0.05) is 54.1 Å². The van der Waals surface area contributed by atoms with Crippen molar-refractivity contribution in [2.45, 2.75) is 20.0 Å². The molecule has 0 spiro atoms. The van der Waals surface area contributed by atoms with Gasteiger partial charge < -0.3 is 10.6 Å². The molecule has 0 saturated heterocycles. The van der Waals surface area contributed by atoms with E-state index in [0.717, 1.165) is 17.3 Å². The number of hydrogen-bond acceptors (Lipinski definition) is 2. The highest BCUT2D eigenvalue weighted by atomic mass is 15.2. The highest BCUT2D eigenvalue weighted by Crippen LogP contribution is 2.07. The van der Waals surface area contributed by atoms with E-state index in [0.29, 0.717) is 13.1 Å². The first-order chi connectivity index (χ1) is 12.3. The molecule has 0 saturated carbocycles. The molecule has 0 aliphatic carbocycles. The third-order valence-corrected chi connectivity index (χ3v) is 3.74. The number of aromatic nitrogens is 1. The van der Waals surface area contributed by atoms with Gasteiger partial charge in [0.25, 0.3) is 0 Å². The van der Waals surface area contributed by atoms with Crippen molar-refractivity contribution >= 4 is 11.6 Å². The van der Waals surface area contributed by atoms with E-state index in [1.165, 1.54) is 11.1 Å². The first-order valence-electron chi connectivity index (χ1n) is 8.35. The first-order valence-corrected chi connectivity index (χ1v) is 8.35. The minimum Gasteiger partial charge on any atom is -0.350 e. The molecule has 3 aromatic rings. The third-order valence-electron chi connectivity index (χ3n) is 3.74. The molecule has 126 valence electrons. The van der Waals surface area contributed by atoms with Gasteiger partial charge in [-0.25, -0.2) is 4.99 Å². The zero-order chi connectivity index (χ0) is 17.3. The van der Waals surface area contributed by atoms with Crippen LogP contribution in [0.15, 0.2) is 84.0 Å². The Morgan fingerprint density at radius 1 is 0.920 bits per heavy atom. The second kappa shape index (κ2) is 8.64. The Bertz CT molecular complexity index is 796. The van der Waals surface area contributed by atoms with Gasteiger partial charge in [-0.05, 0) is 36.8 Å². The lowest BCUT2D eigenvalue weighted by Gasteiger charge is -2.12. The molecule has 1 aromatic heterocycles. The molecule has 25 heavy (non-hydrogen) atoms. The largest absolute Gasteiger partial charge is 0.350 e. The number of nitrogens with zero attached hydrogens (tertiary/aromatic N) is 2. The monoisotopic (exact) mass is 330 g/mol. The summed E-state index contributed by atoms with van der Waals surface area (Å²) in [5.41, 5.74) is 4.40. The molecule has 4 nitrogen and oxygen atoms in total. The average Bonchev–Trinajstić information content (AvgIpc) is 2.67. The van der Waals surface area contributed by atoms with Crippen molar-refractivity contribution in [1.29, 1.82) is 0 Å². The van der Waals surface area contributed by atoms with Gasteiger partial charge in [0.1, 0.15) is 0 Å². The van der Waals surface area contributed by atoms with Crippen molar-refractivity contribution in [3.63, 3.8) is 0 Å². The Labute approximate surface area is 148 Å². The van der Waals surface area contributed by atoms with Crippen molar-refractivity contribution in [2.24, 2.45) is 4.99 Å². The van der Waals surface area contributed by atoms with E-state index in [1.54, 1.807) is 6.20 Å². The van der Waals surface area contributed by atoms with Gasteiger partial charge in [0, 0.05) is 11.9 Å². The maximum atomic E-state index is 4.70. The van der Waals surface area contributed by atoms with Gasteiger partial charge in [0.15, 0.2) is 5.96 Å². The van der Waals surface area contributed by atoms with E-state index in [4.69, 9.17) is 4.99 Å². The normalized spacial score (nSPS) is 11.2. The fourth-order valence-electron chi connectivity index (χ4n) is 2.34. The van der Waals surface area contributed by atoms with E-state index >= 15 is 0 Å². The fourth-order valence-corrected chi connectivity index (χ4v) is 2.34. The molecule has 0 aliphatic rings.